The van der Waals surface area contributed by atoms with Crippen molar-refractivity contribution in [3.63, 3.8) is 0 Å². The molecule has 0 saturated carbocycles. The number of anilines is 1. The van der Waals surface area contributed by atoms with E-state index in [1.165, 1.54) is 33.8 Å². The van der Waals surface area contributed by atoms with E-state index in [9.17, 15) is 0 Å². The van der Waals surface area contributed by atoms with Crippen LogP contribution in [0.25, 0.3) is 23.5 Å². The zero-order valence-corrected chi connectivity index (χ0v) is 16.8. The number of nitrogens with zero attached hydrogens (tertiary/aromatic N) is 3. The summed E-state index contributed by atoms with van der Waals surface area (Å²) in [5, 5.41) is 0. The highest BCUT2D eigenvalue weighted by Gasteiger charge is 2.29. The lowest BCUT2D eigenvalue weighted by molar-refractivity contribution is -0.794. The van der Waals surface area contributed by atoms with Gasteiger partial charge in [-0.15, -0.1) is 0 Å². The molecule has 4 rings (SSSR count). The second kappa shape index (κ2) is 7.81. The lowest BCUT2D eigenvalue weighted by atomic mass is 10.1. The molecule has 0 spiro atoms. The van der Waals surface area contributed by atoms with Gasteiger partial charge in [-0.2, -0.15) is 9.13 Å². The quantitative estimate of drug-likeness (QED) is 0.499. The fourth-order valence-electron chi connectivity index (χ4n) is 3.55. The van der Waals surface area contributed by atoms with Gasteiger partial charge in [-0.25, -0.2) is 0 Å². The van der Waals surface area contributed by atoms with E-state index in [0.29, 0.717) is 0 Å². The fraction of sp³-hybridized carbons (Fsp3) is 0.200. The number of hydrogen-bond donors (Lipinski definition) is 0. The first-order valence-corrected chi connectivity index (χ1v) is 9.76. The standard InChI is InChI=1S/C25H27N3/c1-20-12-14-27-16-17-28-15-13-22(19-25(28)24(27)18-20)7-5-4-6-21-8-10-23(11-9-21)26(2)3/h4-15,18-19H,16-17H2,1-3H3/q+2. The smallest absolute Gasteiger partial charge is 0.278 e. The molecule has 0 bridgehead atoms. The predicted octanol–water partition coefficient (Wildman–Crippen LogP) is 4.04. The summed E-state index contributed by atoms with van der Waals surface area (Å²) in [6.45, 7) is 4.19. The van der Waals surface area contributed by atoms with Crippen molar-refractivity contribution in [1.29, 1.82) is 0 Å². The minimum absolute atomic E-state index is 1.02. The summed E-state index contributed by atoms with van der Waals surface area (Å²) in [6, 6.07) is 17.5. The normalized spacial score (nSPS) is 13.0. The van der Waals surface area contributed by atoms with Crippen LogP contribution in [0.3, 0.4) is 0 Å². The van der Waals surface area contributed by atoms with Crippen molar-refractivity contribution in [1.82, 2.24) is 0 Å². The fourth-order valence-corrected chi connectivity index (χ4v) is 3.55. The van der Waals surface area contributed by atoms with E-state index in [4.69, 9.17) is 0 Å². The summed E-state index contributed by atoms with van der Waals surface area (Å²) in [7, 11) is 4.12. The Bertz CT molecular complexity index is 1040. The van der Waals surface area contributed by atoms with Crippen molar-refractivity contribution in [3.8, 4) is 11.4 Å². The Kier molecular flexibility index (Phi) is 5.07. The van der Waals surface area contributed by atoms with Gasteiger partial charge in [0.05, 0.1) is 0 Å². The third-order valence-corrected chi connectivity index (χ3v) is 5.19. The molecule has 0 N–H and O–H groups in total. The van der Waals surface area contributed by atoms with Crippen LogP contribution in [0.2, 0.25) is 0 Å². The van der Waals surface area contributed by atoms with Gasteiger partial charge < -0.3 is 4.90 Å². The van der Waals surface area contributed by atoms with Gasteiger partial charge in [-0.05, 0) is 35.7 Å². The van der Waals surface area contributed by atoms with Crippen LogP contribution in [-0.4, -0.2) is 14.1 Å². The van der Waals surface area contributed by atoms with Crippen LogP contribution >= 0.6 is 0 Å². The molecule has 0 radical (unpaired) electrons. The van der Waals surface area contributed by atoms with Gasteiger partial charge in [0.25, 0.3) is 11.4 Å². The molecule has 2 aromatic heterocycles. The lowest BCUT2D eigenvalue weighted by Gasteiger charge is -2.11. The third-order valence-electron chi connectivity index (χ3n) is 5.19. The Morgan fingerprint density at radius 2 is 1.36 bits per heavy atom. The number of aromatic nitrogens is 2. The average molecular weight is 370 g/mol. The first-order valence-electron chi connectivity index (χ1n) is 9.76. The number of pyridine rings is 2. The van der Waals surface area contributed by atoms with Crippen molar-refractivity contribution in [2.75, 3.05) is 19.0 Å². The zero-order chi connectivity index (χ0) is 19.5. The van der Waals surface area contributed by atoms with Gasteiger partial charge in [0, 0.05) is 44.0 Å². The van der Waals surface area contributed by atoms with Crippen molar-refractivity contribution >= 4 is 17.8 Å². The molecule has 140 valence electrons. The first-order chi connectivity index (χ1) is 13.6. The van der Waals surface area contributed by atoms with Crippen molar-refractivity contribution < 1.29 is 9.13 Å². The highest BCUT2D eigenvalue weighted by molar-refractivity contribution is 5.61. The van der Waals surface area contributed by atoms with Crippen LogP contribution < -0.4 is 14.0 Å². The molecule has 0 amide bonds. The monoisotopic (exact) mass is 369 g/mol. The van der Waals surface area contributed by atoms with Gasteiger partial charge in [0.15, 0.2) is 12.4 Å². The third kappa shape index (κ3) is 3.89. The molecule has 0 saturated heterocycles. The van der Waals surface area contributed by atoms with Crippen LogP contribution in [0, 0.1) is 6.92 Å². The molecule has 1 aliphatic heterocycles. The molecule has 3 heteroatoms. The second-order valence-electron chi connectivity index (χ2n) is 7.53. The van der Waals surface area contributed by atoms with Crippen molar-refractivity contribution in [2.24, 2.45) is 0 Å². The highest BCUT2D eigenvalue weighted by atomic mass is 15.1. The molecular weight excluding hydrogens is 342 g/mol. The Labute approximate surface area is 167 Å². The number of fused-ring (bicyclic) bond motifs is 3. The topological polar surface area (TPSA) is 11.0 Å². The maximum Gasteiger partial charge on any atom is 0.278 e. The molecule has 3 nitrogen and oxygen atoms in total. The summed E-state index contributed by atoms with van der Waals surface area (Å²) in [6.07, 6.45) is 12.9. The minimum atomic E-state index is 1.02. The van der Waals surface area contributed by atoms with E-state index in [0.717, 1.165) is 13.1 Å². The molecule has 3 heterocycles. The summed E-state index contributed by atoms with van der Waals surface area (Å²) >= 11 is 0. The summed E-state index contributed by atoms with van der Waals surface area (Å²) in [4.78, 5) is 2.11. The molecule has 3 aromatic rings. The number of hydrogen-bond acceptors (Lipinski definition) is 1. The molecule has 0 unspecified atom stereocenters. The number of aryl methyl sites for hydroxylation is 3. The molecule has 1 aliphatic rings. The van der Waals surface area contributed by atoms with Gasteiger partial charge in [-0.3, -0.25) is 0 Å². The molecule has 0 fully saturated rings. The summed E-state index contributed by atoms with van der Waals surface area (Å²) in [5.74, 6) is 0. The van der Waals surface area contributed by atoms with E-state index < -0.39 is 0 Å². The SMILES string of the molecule is Cc1cc[n+]2c(c1)-c1cc(/C=C/C=C/c3ccc(N(C)C)cc3)cc[n+]1CC2. The Morgan fingerprint density at radius 3 is 2.04 bits per heavy atom. The van der Waals surface area contributed by atoms with Gasteiger partial charge in [-0.1, -0.05) is 36.4 Å². The summed E-state index contributed by atoms with van der Waals surface area (Å²) in [5.41, 5.74) is 7.50. The largest absolute Gasteiger partial charge is 0.378 e. The maximum absolute atomic E-state index is 2.34. The molecule has 1 aromatic carbocycles. The van der Waals surface area contributed by atoms with Crippen molar-refractivity contribution in [2.45, 2.75) is 20.0 Å². The maximum atomic E-state index is 2.34. The van der Waals surface area contributed by atoms with Crippen LogP contribution in [0.1, 0.15) is 16.7 Å². The van der Waals surface area contributed by atoms with E-state index in [-0.39, 0.29) is 0 Å². The number of allylic oxidation sites excluding steroid dienone is 2. The molecule has 28 heavy (non-hydrogen) atoms. The summed E-state index contributed by atoms with van der Waals surface area (Å²) < 4.78 is 4.68. The van der Waals surface area contributed by atoms with E-state index in [1.807, 2.05) is 0 Å². The van der Waals surface area contributed by atoms with Crippen LogP contribution in [-0.2, 0) is 13.1 Å². The van der Waals surface area contributed by atoms with Crippen LogP contribution in [0.15, 0.2) is 73.1 Å². The van der Waals surface area contributed by atoms with E-state index in [2.05, 4.69) is 120 Å². The van der Waals surface area contributed by atoms with Crippen molar-refractivity contribution in [3.05, 3.63) is 89.8 Å². The Hall–Kier alpha value is -3.20. The van der Waals surface area contributed by atoms with Gasteiger partial charge >= 0.3 is 0 Å². The zero-order valence-electron chi connectivity index (χ0n) is 16.8. The lowest BCUT2D eigenvalue weighted by Crippen LogP contribution is -2.53. The van der Waals surface area contributed by atoms with E-state index in [1.54, 1.807) is 0 Å². The molecular formula is C25H27N3+2. The van der Waals surface area contributed by atoms with E-state index >= 15 is 0 Å². The van der Waals surface area contributed by atoms with Crippen LogP contribution in [0.4, 0.5) is 5.69 Å². The number of rotatable bonds is 4. The second-order valence-corrected chi connectivity index (χ2v) is 7.53. The molecule has 0 atom stereocenters. The predicted molar refractivity (Wildman–Crippen MR) is 116 cm³/mol. The van der Waals surface area contributed by atoms with Crippen LogP contribution in [0.5, 0.6) is 0 Å². The Balaban J connectivity index is 1.52. The first kappa shape index (κ1) is 18.2. The highest BCUT2D eigenvalue weighted by Crippen LogP contribution is 2.18. The van der Waals surface area contributed by atoms with Gasteiger partial charge in [0.1, 0.15) is 0 Å². The van der Waals surface area contributed by atoms with Gasteiger partial charge in [0.2, 0.25) is 13.1 Å². The average Bonchev–Trinajstić information content (AvgIpc) is 2.71. The molecule has 0 aliphatic carbocycles. The number of benzene rings is 1. The Morgan fingerprint density at radius 1 is 0.750 bits per heavy atom. The minimum Gasteiger partial charge on any atom is -0.378 e.